The monoisotopic (exact) mass is 303 g/mol. The van der Waals surface area contributed by atoms with Crippen LogP contribution in [0.3, 0.4) is 0 Å². The molecule has 3 rings (SSSR count). The smallest absolute Gasteiger partial charge is 0.168 e. The highest BCUT2D eigenvalue weighted by molar-refractivity contribution is 6.33. The number of rotatable bonds is 2. The molecule has 3 aromatic rings. The van der Waals surface area contributed by atoms with E-state index in [9.17, 15) is 0 Å². The molecule has 0 spiro atoms. The summed E-state index contributed by atoms with van der Waals surface area (Å²) < 4.78 is 1.64. The first-order valence-electron chi connectivity index (χ1n) is 5.72. The summed E-state index contributed by atoms with van der Waals surface area (Å²) in [4.78, 5) is 8.40. The van der Waals surface area contributed by atoms with Crippen LogP contribution in [0.2, 0.25) is 10.2 Å². The van der Waals surface area contributed by atoms with Gasteiger partial charge in [0.25, 0.3) is 0 Å². The van der Waals surface area contributed by atoms with E-state index >= 15 is 0 Å². The van der Waals surface area contributed by atoms with E-state index in [1.54, 1.807) is 23.0 Å². The molecule has 0 aliphatic carbocycles. The van der Waals surface area contributed by atoms with E-state index in [1.807, 2.05) is 18.2 Å². The average Bonchev–Trinajstić information content (AvgIpc) is 2.84. The Bertz CT molecular complexity index is 817. The summed E-state index contributed by atoms with van der Waals surface area (Å²) in [5.74, 6) is 0.376. The van der Waals surface area contributed by atoms with E-state index in [1.165, 1.54) is 0 Å². The summed E-state index contributed by atoms with van der Waals surface area (Å²) in [5, 5.41) is 14.6. The van der Waals surface area contributed by atoms with Gasteiger partial charge in [0.05, 0.1) is 29.8 Å². The molecule has 20 heavy (non-hydrogen) atoms. The zero-order valence-electron chi connectivity index (χ0n) is 10.1. The molecule has 2 heterocycles. The van der Waals surface area contributed by atoms with Gasteiger partial charge in [-0.15, -0.1) is 0 Å². The average molecular weight is 304 g/mol. The molecule has 1 aromatic carbocycles. The molecule has 98 valence electrons. The van der Waals surface area contributed by atoms with Crippen LogP contribution in [0.5, 0.6) is 0 Å². The minimum Gasteiger partial charge on any atom is -0.219 e. The SMILES string of the molecule is N#CCc1nc(Cl)c2cnn(-c3ccc(Cl)cc3)c2n1. The number of halogens is 2. The van der Waals surface area contributed by atoms with Gasteiger partial charge in [-0.1, -0.05) is 23.2 Å². The molecular formula is C13H7Cl2N5. The Kier molecular flexibility index (Phi) is 3.26. The molecule has 0 saturated carbocycles. The van der Waals surface area contributed by atoms with Crippen molar-refractivity contribution in [2.45, 2.75) is 6.42 Å². The predicted molar refractivity (Wildman–Crippen MR) is 76.0 cm³/mol. The van der Waals surface area contributed by atoms with E-state index in [-0.39, 0.29) is 6.42 Å². The summed E-state index contributed by atoms with van der Waals surface area (Å²) in [6, 6.07) is 9.19. The molecule has 0 aliphatic heterocycles. The molecule has 5 nitrogen and oxygen atoms in total. The lowest BCUT2D eigenvalue weighted by atomic mass is 10.3. The molecule has 0 bridgehead atoms. The van der Waals surface area contributed by atoms with Gasteiger partial charge in [0.2, 0.25) is 0 Å². The summed E-state index contributed by atoms with van der Waals surface area (Å²) in [6.45, 7) is 0. The molecule has 0 fully saturated rings. The molecule has 0 N–H and O–H groups in total. The minimum atomic E-state index is 0.0987. The van der Waals surface area contributed by atoms with Crippen molar-refractivity contribution in [2.24, 2.45) is 0 Å². The number of nitrogens with zero attached hydrogens (tertiary/aromatic N) is 5. The van der Waals surface area contributed by atoms with Gasteiger partial charge in [-0.3, -0.25) is 0 Å². The first kappa shape index (κ1) is 12.9. The highest BCUT2D eigenvalue weighted by Crippen LogP contribution is 2.23. The molecule has 0 radical (unpaired) electrons. The van der Waals surface area contributed by atoms with Crippen LogP contribution in [0.25, 0.3) is 16.7 Å². The standard InChI is InChI=1S/C13H7Cl2N5/c14-8-1-3-9(4-2-8)20-13-10(7-17-20)12(15)18-11(19-13)5-6-16/h1-4,7H,5H2. The van der Waals surface area contributed by atoms with Crippen molar-refractivity contribution in [3.8, 4) is 11.8 Å². The Morgan fingerprint density at radius 2 is 1.90 bits per heavy atom. The summed E-state index contributed by atoms with van der Waals surface area (Å²) in [5.41, 5.74) is 1.37. The number of benzene rings is 1. The largest absolute Gasteiger partial charge is 0.219 e. The molecule has 0 saturated heterocycles. The van der Waals surface area contributed by atoms with Crippen LogP contribution < -0.4 is 0 Å². The first-order chi connectivity index (χ1) is 9.69. The Morgan fingerprint density at radius 3 is 2.60 bits per heavy atom. The molecular weight excluding hydrogens is 297 g/mol. The van der Waals surface area contributed by atoms with Crippen LogP contribution in [0.15, 0.2) is 30.5 Å². The van der Waals surface area contributed by atoms with Crippen LogP contribution in [0, 0.1) is 11.3 Å². The Hall–Kier alpha value is -2.16. The summed E-state index contributed by atoms with van der Waals surface area (Å²) >= 11 is 12.0. The molecule has 0 atom stereocenters. The van der Waals surface area contributed by atoms with Crippen molar-refractivity contribution in [1.29, 1.82) is 5.26 Å². The maximum atomic E-state index is 8.74. The van der Waals surface area contributed by atoms with Gasteiger partial charge >= 0.3 is 0 Å². The number of hydrogen-bond donors (Lipinski definition) is 0. The van der Waals surface area contributed by atoms with Crippen LogP contribution in [0.4, 0.5) is 0 Å². The van der Waals surface area contributed by atoms with Crippen molar-refractivity contribution < 1.29 is 0 Å². The second-order valence-electron chi connectivity index (χ2n) is 4.04. The van der Waals surface area contributed by atoms with Crippen molar-refractivity contribution in [1.82, 2.24) is 19.7 Å². The fraction of sp³-hybridized carbons (Fsp3) is 0.0769. The van der Waals surface area contributed by atoms with Gasteiger partial charge in [-0.2, -0.15) is 10.4 Å². The van der Waals surface area contributed by atoms with Crippen molar-refractivity contribution in [2.75, 3.05) is 0 Å². The van der Waals surface area contributed by atoms with Crippen molar-refractivity contribution in [3.05, 3.63) is 46.5 Å². The fourth-order valence-electron chi connectivity index (χ4n) is 1.84. The zero-order valence-corrected chi connectivity index (χ0v) is 11.6. The van der Waals surface area contributed by atoms with Gasteiger partial charge in [0, 0.05) is 5.02 Å². The van der Waals surface area contributed by atoms with Crippen LogP contribution in [-0.2, 0) is 6.42 Å². The van der Waals surface area contributed by atoms with Crippen molar-refractivity contribution in [3.63, 3.8) is 0 Å². The molecule has 0 aliphatic rings. The highest BCUT2D eigenvalue weighted by atomic mass is 35.5. The lowest BCUT2D eigenvalue weighted by Gasteiger charge is -2.04. The second-order valence-corrected chi connectivity index (χ2v) is 4.83. The summed E-state index contributed by atoms with van der Waals surface area (Å²) in [6.07, 6.45) is 1.70. The third kappa shape index (κ3) is 2.20. The number of nitriles is 1. The first-order valence-corrected chi connectivity index (χ1v) is 6.47. The zero-order chi connectivity index (χ0) is 14.1. The molecule has 7 heteroatoms. The van der Waals surface area contributed by atoms with Crippen LogP contribution in [0.1, 0.15) is 5.82 Å². The predicted octanol–water partition coefficient (Wildman–Crippen LogP) is 3.19. The minimum absolute atomic E-state index is 0.0987. The normalized spacial score (nSPS) is 10.7. The second kappa shape index (κ2) is 5.08. The van der Waals surface area contributed by atoms with Gasteiger partial charge in [-0.25, -0.2) is 14.6 Å². The lowest BCUT2D eigenvalue weighted by Crippen LogP contribution is -2.01. The number of fused-ring (bicyclic) bond motifs is 1. The van der Waals surface area contributed by atoms with Gasteiger partial charge in [0.15, 0.2) is 5.65 Å². The van der Waals surface area contributed by atoms with Crippen LogP contribution >= 0.6 is 23.2 Å². The van der Waals surface area contributed by atoms with E-state index in [2.05, 4.69) is 15.1 Å². The maximum absolute atomic E-state index is 8.74. The topological polar surface area (TPSA) is 67.4 Å². The Balaban J connectivity index is 2.21. The number of hydrogen-bond acceptors (Lipinski definition) is 4. The molecule has 0 amide bonds. The van der Waals surface area contributed by atoms with Crippen LogP contribution in [-0.4, -0.2) is 19.7 Å². The van der Waals surface area contributed by atoms with E-state index in [0.717, 1.165) is 5.69 Å². The van der Waals surface area contributed by atoms with E-state index in [4.69, 9.17) is 28.5 Å². The van der Waals surface area contributed by atoms with Gasteiger partial charge in [-0.05, 0) is 24.3 Å². The van der Waals surface area contributed by atoms with Gasteiger partial charge in [0.1, 0.15) is 11.0 Å². The van der Waals surface area contributed by atoms with E-state index in [0.29, 0.717) is 27.0 Å². The highest BCUT2D eigenvalue weighted by Gasteiger charge is 2.12. The fourth-order valence-corrected chi connectivity index (χ4v) is 2.19. The van der Waals surface area contributed by atoms with Gasteiger partial charge < -0.3 is 0 Å². The quantitative estimate of drug-likeness (QED) is 0.682. The Labute approximate surface area is 124 Å². The van der Waals surface area contributed by atoms with E-state index < -0.39 is 0 Å². The molecule has 2 aromatic heterocycles. The number of aromatic nitrogens is 4. The third-order valence-corrected chi connectivity index (χ3v) is 3.28. The Morgan fingerprint density at radius 1 is 1.15 bits per heavy atom. The third-order valence-electron chi connectivity index (χ3n) is 2.74. The maximum Gasteiger partial charge on any atom is 0.168 e. The lowest BCUT2D eigenvalue weighted by molar-refractivity contribution is 0.885. The molecule has 0 unspecified atom stereocenters. The summed E-state index contributed by atoms with van der Waals surface area (Å²) in [7, 11) is 0. The van der Waals surface area contributed by atoms with Crippen molar-refractivity contribution >= 4 is 34.2 Å².